The van der Waals surface area contributed by atoms with Gasteiger partial charge in [0.25, 0.3) is 0 Å². The zero-order valence-electron chi connectivity index (χ0n) is 13.8. The molecular formula is C16H20N6O. The SMILES string of the molecule is Cc1c(C2C3=C(CC(C)(C)CC3=O)Nc3ncnn32)cnn1C. The number of hydrogen-bond donors (Lipinski definition) is 1. The number of nitrogens with zero attached hydrogens (tertiary/aromatic N) is 5. The Morgan fingerprint density at radius 1 is 1.30 bits per heavy atom. The molecule has 7 heteroatoms. The summed E-state index contributed by atoms with van der Waals surface area (Å²) in [5.41, 5.74) is 3.77. The van der Waals surface area contributed by atoms with E-state index >= 15 is 0 Å². The molecule has 2 aliphatic rings. The molecule has 2 aromatic heterocycles. The topological polar surface area (TPSA) is 77.6 Å². The number of ketones is 1. The normalized spacial score (nSPS) is 22.6. The van der Waals surface area contributed by atoms with Gasteiger partial charge in [-0.1, -0.05) is 13.8 Å². The Balaban J connectivity index is 1.93. The van der Waals surface area contributed by atoms with Crippen molar-refractivity contribution in [3.05, 3.63) is 35.1 Å². The summed E-state index contributed by atoms with van der Waals surface area (Å²) in [7, 11) is 1.91. The lowest BCUT2D eigenvalue weighted by molar-refractivity contribution is -0.118. The highest BCUT2D eigenvalue weighted by atomic mass is 16.1. The van der Waals surface area contributed by atoms with Crippen LogP contribution in [-0.2, 0) is 11.8 Å². The average molecular weight is 312 g/mol. The molecule has 1 atom stereocenters. The second-order valence-corrected chi connectivity index (χ2v) is 7.20. The first-order valence-corrected chi connectivity index (χ1v) is 7.79. The molecule has 0 aromatic carbocycles. The minimum atomic E-state index is -0.249. The Labute approximate surface area is 134 Å². The zero-order chi connectivity index (χ0) is 16.4. The number of aromatic nitrogens is 5. The summed E-state index contributed by atoms with van der Waals surface area (Å²) in [6, 6.07) is -0.249. The second kappa shape index (κ2) is 4.53. The molecule has 7 nitrogen and oxygen atoms in total. The molecule has 0 saturated carbocycles. The van der Waals surface area contributed by atoms with Gasteiger partial charge in [-0.05, 0) is 18.8 Å². The first-order valence-electron chi connectivity index (χ1n) is 7.79. The molecule has 1 N–H and O–H groups in total. The molecule has 0 spiro atoms. The van der Waals surface area contributed by atoms with Crippen molar-refractivity contribution in [1.82, 2.24) is 24.5 Å². The van der Waals surface area contributed by atoms with Gasteiger partial charge in [-0.25, -0.2) is 4.68 Å². The number of nitrogens with one attached hydrogen (secondary N) is 1. The summed E-state index contributed by atoms with van der Waals surface area (Å²) in [5, 5.41) is 12.0. The van der Waals surface area contributed by atoms with Crippen LogP contribution in [0.5, 0.6) is 0 Å². The van der Waals surface area contributed by atoms with Crippen molar-refractivity contribution in [2.75, 3.05) is 5.32 Å². The van der Waals surface area contributed by atoms with Crippen molar-refractivity contribution >= 4 is 11.7 Å². The number of Topliss-reactive ketones (excluding diaryl/α,β-unsaturated/α-hetero) is 1. The highest BCUT2D eigenvalue weighted by Crippen LogP contribution is 2.45. The summed E-state index contributed by atoms with van der Waals surface area (Å²) in [5.74, 6) is 0.862. The van der Waals surface area contributed by atoms with Crippen LogP contribution in [0.2, 0.25) is 0 Å². The lowest BCUT2D eigenvalue weighted by Crippen LogP contribution is -2.36. The Hall–Kier alpha value is -2.44. The van der Waals surface area contributed by atoms with Crippen LogP contribution in [-0.4, -0.2) is 30.3 Å². The van der Waals surface area contributed by atoms with Gasteiger partial charge in [0.05, 0.1) is 6.20 Å². The second-order valence-electron chi connectivity index (χ2n) is 7.20. The molecule has 0 bridgehead atoms. The molecule has 1 aliphatic carbocycles. The largest absolute Gasteiger partial charge is 0.328 e. The van der Waals surface area contributed by atoms with Gasteiger partial charge in [-0.2, -0.15) is 15.2 Å². The average Bonchev–Trinajstić information content (AvgIpc) is 3.03. The van der Waals surface area contributed by atoms with E-state index in [1.54, 1.807) is 4.68 Å². The van der Waals surface area contributed by atoms with E-state index in [2.05, 4.69) is 34.3 Å². The molecule has 3 heterocycles. The van der Waals surface area contributed by atoms with E-state index in [1.807, 2.05) is 24.9 Å². The summed E-state index contributed by atoms with van der Waals surface area (Å²) < 4.78 is 3.62. The highest BCUT2D eigenvalue weighted by molar-refractivity contribution is 6.00. The number of carbonyl (C=O) groups excluding carboxylic acids is 1. The van der Waals surface area contributed by atoms with Crippen LogP contribution in [0.1, 0.15) is 44.0 Å². The first-order chi connectivity index (χ1) is 10.9. The lowest BCUT2D eigenvalue weighted by atomic mass is 9.73. The maximum absolute atomic E-state index is 12.9. The third-order valence-electron chi connectivity index (χ3n) is 4.84. The third-order valence-corrected chi connectivity index (χ3v) is 4.84. The predicted octanol–water partition coefficient (Wildman–Crippen LogP) is 1.98. The van der Waals surface area contributed by atoms with Gasteiger partial charge in [0.2, 0.25) is 5.95 Å². The molecule has 1 aliphatic heterocycles. The molecule has 0 saturated heterocycles. The number of fused-ring (bicyclic) bond motifs is 1. The van der Waals surface area contributed by atoms with Gasteiger partial charge in [0.15, 0.2) is 5.78 Å². The Morgan fingerprint density at radius 3 is 2.78 bits per heavy atom. The molecule has 0 amide bonds. The van der Waals surface area contributed by atoms with Crippen molar-refractivity contribution in [2.45, 2.75) is 39.7 Å². The van der Waals surface area contributed by atoms with Crippen molar-refractivity contribution in [1.29, 1.82) is 0 Å². The van der Waals surface area contributed by atoms with Crippen LogP contribution in [0.25, 0.3) is 0 Å². The van der Waals surface area contributed by atoms with Gasteiger partial charge < -0.3 is 5.32 Å². The van der Waals surface area contributed by atoms with E-state index < -0.39 is 0 Å². The number of rotatable bonds is 1. The fourth-order valence-electron chi connectivity index (χ4n) is 3.62. The van der Waals surface area contributed by atoms with Gasteiger partial charge in [0, 0.05) is 36.0 Å². The Bertz CT molecular complexity index is 841. The van der Waals surface area contributed by atoms with Crippen LogP contribution in [0, 0.1) is 12.3 Å². The number of carbonyl (C=O) groups is 1. The van der Waals surface area contributed by atoms with Gasteiger partial charge in [-0.15, -0.1) is 0 Å². The van der Waals surface area contributed by atoms with Crippen molar-refractivity contribution in [3.63, 3.8) is 0 Å². The first kappa shape index (κ1) is 14.2. The number of aryl methyl sites for hydroxylation is 1. The third kappa shape index (κ3) is 2.03. The summed E-state index contributed by atoms with van der Waals surface area (Å²) >= 11 is 0. The minimum Gasteiger partial charge on any atom is -0.328 e. The highest BCUT2D eigenvalue weighted by Gasteiger charge is 2.42. The van der Waals surface area contributed by atoms with Gasteiger partial charge >= 0.3 is 0 Å². The van der Waals surface area contributed by atoms with Gasteiger partial charge in [-0.3, -0.25) is 9.48 Å². The van der Waals surface area contributed by atoms with Gasteiger partial charge in [0.1, 0.15) is 12.4 Å². The molecule has 0 radical (unpaired) electrons. The Kier molecular flexibility index (Phi) is 2.79. The van der Waals surface area contributed by atoms with E-state index in [9.17, 15) is 4.79 Å². The quantitative estimate of drug-likeness (QED) is 0.871. The van der Waals surface area contributed by atoms with Crippen molar-refractivity contribution in [2.24, 2.45) is 12.5 Å². The van der Waals surface area contributed by atoms with E-state index in [0.29, 0.717) is 12.4 Å². The summed E-state index contributed by atoms with van der Waals surface area (Å²) in [6.45, 7) is 6.26. The maximum Gasteiger partial charge on any atom is 0.226 e. The maximum atomic E-state index is 12.9. The van der Waals surface area contributed by atoms with Crippen LogP contribution in [0.4, 0.5) is 5.95 Å². The number of hydrogen-bond acceptors (Lipinski definition) is 5. The molecule has 0 fully saturated rings. The van der Waals surface area contributed by atoms with Crippen LogP contribution in [0.3, 0.4) is 0 Å². The van der Waals surface area contributed by atoms with E-state index in [4.69, 9.17) is 0 Å². The summed E-state index contributed by atoms with van der Waals surface area (Å²) in [6.07, 6.45) is 4.73. The Morgan fingerprint density at radius 2 is 2.09 bits per heavy atom. The van der Waals surface area contributed by atoms with Crippen molar-refractivity contribution < 1.29 is 4.79 Å². The molecule has 4 rings (SSSR count). The molecule has 120 valence electrons. The molecule has 2 aromatic rings. The van der Waals surface area contributed by atoms with Crippen LogP contribution in [0.15, 0.2) is 23.8 Å². The van der Waals surface area contributed by atoms with Crippen LogP contribution >= 0.6 is 0 Å². The smallest absolute Gasteiger partial charge is 0.226 e. The zero-order valence-corrected chi connectivity index (χ0v) is 13.8. The molecule has 1 unspecified atom stereocenters. The minimum absolute atomic E-state index is 0.0420. The van der Waals surface area contributed by atoms with Crippen LogP contribution < -0.4 is 5.32 Å². The fraction of sp³-hybridized carbons (Fsp3) is 0.500. The fourth-order valence-corrected chi connectivity index (χ4v) is 3.62. The van der Waals surface area contributed by atoms with E-state index in [1.165, 1.54) is 6.33 Å². The predicted molar refractivity (Wildman–Crippen MR) is 84.8 cm³/mol. The molecular weight excluding hydrogens is 292 g/mol. The number of anilines is 1. The standard InChI is InChI=1S/C16H20N6O/c1-9-10(7-18-21(9)4)14-13-11(5-16(2,3)6-12(13)23)20-15-17-8-19-22(14)15/h7-8,14H,5-6H2,1-4H3,(H,17,19,20). The van der Waals surface area contributed by atoms with E-state index in [0.717, 1.165) is 28.9 Å². The van der Waals surface area contributed by atoms with Crippen molar-refractivity contribution in [3.8, 4) is 0 Å². The molecule has 23 heavy (non-hydrogen) atoms. The summed E-state index contributed by atoms with van der Waals surface area (Å²) in [4.78, 5) is 17.2. The van der Waals surface area contributed by atoms with E-state index in [-0.39, 0.29) is 17.2 Å². The number of allylic oxidation sites excluding steroid dienone is 2. The monoisotopic (exact) mass is 312 g/mol. The lowest BCUT2D eigenvalue weighted by Gasteiger charge is -2.38.